The summed E-state index contributed by atoms with van der Waals surface area (Å²) in [4.78, 5) is 23.4. The molecule has 0 aromatic heterocycles. The van der Waals surface area contributed by atoms with Gasteiger partial charge in [-0.15, -0.1) is 0 Å². The van der Waals surface area contributed by atoms with Crippen molar-refractivity contribution in [1.82, 2.24) is 0 Å². The van der Waals surface area contributed by atoms with Gasteiger partial charge in [0.15, 0.2) is 0 Å². The van der Waals surface area contributed by atoms with Crippen molar-refractivity contribution in [2.45, 2.75) is 19.3 Å². The highest BCUT2D eigenvalue weighted by molar-refractivity contribution is 5.92. The Morgan fingerprint density at radius 3 is 2.65 bits per heavy atom. The fourth-order valence-electron chi connectivity index (χ4n) is 2.48. The van der Waals surface area contributed by atoms with Gasteiger partial charge in [0, 0.05) is 38.3 Å². The lowest BCUT2D eigenvalue weighted by molar-refractivity contribution is -0.116. The summed E-state index contributed by atoms with van der Waals surface area (Å²) in [5.74, 6) is -0.490. The second kappa shape index (κ2) is 10.2. The highest BCUT2D eigenvalue weighted by Gasteiger charge is 2.11. The first-order valence-electron chi connectivity index (χ1n) is 8.43. The van der Waals surface area contributed by atoms with Gasteiger partial charge in [0.1, 0.15) is 5.75 Å². The van der Waals surface area contributed by atoms with Crippen LogP contribution in [0.1, 0.15) is 28.8 Å². The number of aryl methyl sites for hydroxylation is 1. The fourth-order valence-corrected chi connectivity index (χ4v) is 2.48. The summed E-state index contributed by atoms with van der Waals surface area (Å²) < 4.78 is 10.6. The van der Waals surface area contributed by atoms with Crippen LogP contribution < -0.4 is 10.1 Å². The molecule has 0 aliphatic heterocycles. The third kappa shape index (κ3) is 6.22. The predicted molar refractivity (Wildman–Crippen MR) is 98.8 cm³/mol. The molecule has 138 valence electrons. The molecule has 26 heavy (non-hydrogen) atoms. The van der Waals surface area contributed by atoms with Gasteiger partial charge in [0.2, 0.25) is 5.91 Å². The summed E-state index contributed by atoms with van der Waals surface area (Å²) in [6.45, 7) is 1.17. The van der Waals surface area contributed by atoms with Crippen LogP contribution >= 0.6 is 0 Å². The second-order valence-corrected chi connectivity index (χ2v) is 5.73. The maximum absolute atomic E-state index is 12.2. The quantitative estimate of drug-likeness (QED) is 0.637. The Morgan fingerprint density at radius 2 is 1.88 bits per heavy atom. The van der Waals surface area contributed by atoms with Crippen LogP contribution in [0.4, 0.5) is 5.69 Å². The largest absolute Gasteiger partial charge is 0.493 e. The van der Waals surface area contributed by atoms with Gasteiger partial charge in [0.25, 0.3) is 0 Å². The third-order valence-electron chi connectivity index (χ3n) is 3.75. The molecule has 0 fully saturated rings. The number of carbonyl (C=O) groups excluding carboxylic acids is 1. The van der Waals surface area contributed by atoms with Crippen molar-refractivity contribution in [3.05, 3.63) is 59.7 Å². The summed E-state index contributed by atoms with van der Waals surface area (Å²) in [5, 5.41) is 12.0. The van der Waals surface area contributed by atoms with Crippen molar-refractivity contribution >= 4 is 17.6 Å². The zero-order valence-corrected chi connectivity index (χ0v) is 14.7. The molecule has 0 heterocycles. The van der Waals surface area contributed by atoms with E-state index in [1.807, 2.05) is 6.07 Å². The van der Waals surface area contributed by atoms with Gasteiger partial charge in [0.05, 0.1) is 12.2 Å². The van der Waals surface area contributed by atoms with Gasteiger partial charge in [-0.1, -0.05) is 24.3 Å². The van der Waals surface area contributed by atoms with Crippen molar-refractivity contribution in [2.75, 3.05) is 25.6 Å². The lowest BCUT2D eigenvalue weighted by atomic mass is 10.0. The lowest BCUT2D eigenvalue weighted by Crippen LogP contribution is -2.13. The highest BCUT2D eigenvalue weighted by atomic mass is 16.5. The highest BCUT2D eigenvalue weighted by Crippen LogP contribution is 2.18. The monoisotopic (exact) mass is 357 g/mol. The van der Waals surface area contributed by atoms with Crippen LogP contribution in [0.3, 0.4) is 0 Å². The Morgan fingerprint density at radius 1 is 1.08 bits per heavy atom. The number of carbonyl (C=O) groups is 2. The molecule has 2 aromatic carbocycles. The standard InChI is InChI=1S/C20H23NO5/c1-25-12-5-13-26-17-8-4-7-16(14-17)21-19(22)11-10-15-6-2-3-9-18(15)20(23)24/h2-4,6-9,14H,5,10-13H2,1H3,(H,21,22)(H,23,24). The maximum atomic E-state index is 12.2. The molecule has 0 spiro atoms. The summed E-state index contributed by atoms with van der Waals surface area (Å²) in [6, 6.07) is 13.9. The van der Waals surface area contributed by atoms with Gasteiger partial charge in [-0.3, -0.25) is 4.79 Å². The maximum Gasteiger partial charge on any atom is 0.335 e. The van der Waals surface area contributed by atoms with E-state index in [9.17, 15) is 14.7 Å². The Labute approximate surface area is 152 Å². The fraction of sp³-hybridized carbons (Fsp3) is 0.300. The Bertz CT molecular complexity index is 744. The molecule has 1 amide bonds. The summed E-state index contributed by atoms with van der Waals surface area (Å²) in [5.41, 5.74) is 1.52. The zero-order valence-electron chi connectivity index (χ0n) is 14.7. The minimum absolute atomic E-state index is 0.179. The summed E-state index contributed by atoms with van der Waals surface area (Å²) >= 11 is 0. The van der Waals surface area contributed by atoms with Crippen LogP contribution in [0.15, 0.2) is 48.5 Å². The number of benzene rings is 2. The van der Waals surface area contributed by atoms with E-state index in [0.717, 1.165) is 6.42 Å². The van der Waals surface area contributed by atoms with Crippen molar-refractivity contribution < 1.29 is 24.2 Å². The minimum Gasteiger partial charge on any atom is -0.493 e. The molecule has 0 bridgehead atoms. The van der Waals surface area contributed by atoms with Gasteiger partial charge in [-0.05, 0) is 30.2 Å². The first kappa shape index (κ1) is 19.5. The number of hydrogen-bond acceptors (Lipinski definition) is 4. The molecule has 0 atom stereocenters. The number of rotatable bonds is 10. The van der Waals surface area contributed by atoms with E-state index in [0.29, 0.717) is 36.6 Å². The summed E-state index contributed by atoms with van der Waals surface area (Å²) in [7, 11) is 1.64. The normalized spacial score (nSPS) is 10.3. The van der Waals surface area contributed by atoms with Gasteiger partial charge in [-0.2, -0.15) is 0 Å². The number of amides is 1. The van der Waals surface area contributed by atoms with Crippen molar-refractivity contribution in [2.24, 2.45) is 0 Å². The Balaban J connectivity index is 1.87. The average molecular weight is 357 g/mol. The predicted octanol–water partition coefficient (Wildman–Crippen LogP) is 3.37. The Hall–Kier alpha value is -2.86. The van der Waals surface area contributed by atoms with E-state index in [1.165, 1.54) is 0 Å². The smallest absolute Gasteiger partial charge is 0.335 e. The first-order chi connectivity index (χ1) is 12.6. The van der Waals surface area contributed by atoms with E-state index < -0.39 is 5.97 Å². The molecule has 6 nitrogen and oxygen atoms in total. The second-order valence-electron chi connectivity index (χ2n) is 5.73. The van der Waals surface area contributed by atoms with E-state index in [4.69, 9.17) is 9.47 Å². The molecule has 0 aliphatic rings. The molecular formula is C20H23NO5. The molecule has 2 N–H and O–H groups in total. The molecule has 0 saturated heterocycles. The van der Waals surface area contributed by atoms with Crippen LogP contribution in [0.2, 0.25) is 0 Å². The average Bonchev–Trinajstić information content (AvgIpc) is 2.64. The van der Waals surface area contributed by atoms with E-state index in [-0.39, 0.29) is 17.9 Å². The first-order valence-corrected chi connectivity index (χ1v) is 8.43. The zero-order chi connectivity index (χ0) is 18.8. The summed E-state index contributed by atoms with van der Waals surface area (Å²) in [6.07, 6.45) is 1.35. The number of nitrogens with one attached hydrogen (secondary N) is 1. The van der Waals surface area contributed by atoms with Gasteiger partial charge in [-0.25, -0.2) is 4.79 Å². The number of ether oxygens (including phenoxy) is 2. The van der Waals surface area contributed by atoms with Crippen LogP contribution in [-0.4, -0.2) is 37.3 Å². The van der Waals surface area contributed by atoms with Crippen LogP contribution in [0.25, 0.3) is 0 Å². The topological polar surface area (TPSA) is 84.9 Å². The lowest BCUT2D eigenvalue weighted by Gasteiger charge is -2.10. The van der Waals surface area contributed by atoms with Gasteiger partial charge < -0.3 is 19.9 Å². The molecule has 0 radical (unpaired) electrons. The number of carboxylic acids is 1. The van der Waals surface area contributed by atoms with Crippen molar-refractivity contribution in [3.8, 4) is 5.75 Å². The molecule has 2 rings (SSSR count). The van der Waals surface area contributed by atoms with E-state index >= 15 is 0 Å². The number of carboxylic acid groups (broad SMARTS) is 1. The molecule has 2 aromatic rings. The SMILES string of the molecule is COCCCOc1cccc(NC(=O)CCc2ccccc2C(=O)O)c1. The van der Waals surface area contributed by atoms with Crippen LogP contribution in [0, 0.1) is 0 Å². The number of methoxy groups -OCH3 is 1. The minimum atomic E-state index is -0.987. The molecule has 0 unspecified atom stereocenters. The third-order valence-corrected chi connectivity index (χ3v) is 3.75. The van der Waals surface area contributed by atoms with Crippen molar-refractivity contribution in [1.29, 1.82) is 0 Å². The van der Waals surface area contributed by atoms with Gasteiger partial charge >= 0.3 is 5.97 Å². The molecule has 0 saturated carbocycles. The number of aromatic carboxylic acids is 1. The molecule has 0 aliphatic carbocycles. The molecule has 6 heteroatoms. The van der Waals surface area contributed by atoms with Crippen LogP contribution in [0.5, 0.6) is 5.75 Å². The molecular weight excluding hydrogens is 334 g/mol. The number of anilines is 1. The number of hydrogen-bond donors (Lipinski definition) is 2. The van der Waals surface area contributed by atoms with E-state index in [1.54, 1.807) is 49.6 Å². The Kier molecular flexibility index (Phi) is 7.64. The van der Waals surface area contributed by atoms with Crippen LogP contribution in [-0.2, 0) is 16.0 Å². The van der Waals surface area contributed by atoms with E-state index in [2.05, 4.69) is 5.32 Å². The van der Waals surface area contributed by atoms with Crippen molar-refractivity contribution in [3.63, 3.8) is 0 Å².